The molecule has 0 saturated carbocycles. The predicted molar refractivity (Wildman–Crippen MR) is 105 cm³/mol. The first-order valence-electron chi connectivity index (χ1n) is 8.97. The molecule has 5 rings (SSSR count). The number of para-hydroxylation sites is 1. The summed E-state index contributed by atoms with van der Waals surface area (Å²) in [5.74, 6) is 2.06. The van der Waals surface area contributed by atoms with Gasteiger partial charge in [-0.1, -0.05) is 18.2 Å². The molecule has 0 radical (unpaired) electrons. The van der Waals surface area contributed by atoms with Crippen molar-refractivity contribution in [3.8, 4) is 17.2 Å². The lowest BCUT2D eigenvalue weighted by Gasteiger charge is -2.38. The summed E-state index contributed by atoms with van der Waals surface area (Å²) in [6.45, 7) is 0.209. The van der Waals surface area contributed by atoms with E-state index >= 15 is 0 Å². The largest absolute Gasteiger partial charge is 0.497 e. The van der Waals surface area contributed by atoms with Crippen LogP contribution in [0.5, 0.6) is 17.2 Å². The van der Waals surface area contributed by atoms with E-state index in [4.69, 9.17) is 14.2 Å². The summed E-state index contributed by atoms with van der Waals surface area (Å²) in [6, 6.07) is 20.7. The smallest absolute Gasteiger partial charge is 0.262 e. The number of ether oxygens (including phenoxy) is 3. The monoisotopic (exact) mass is 374 g/mol. The van der Waals surface area contributed by atoms with Gasteiger partial charge in [0.1, 0.15) is 11.9 Å². The lowest BCUT2D eigenvalue weighted by molar-refractivity contribution is 0.0975. The molecule has 2 aliphatic rings. The van der Waals surface area contributed by atoms with E-state index in [1.54, 1.807) is 12.0 Å². The molecular weight excluding hydrogens is 356 g/mol. The fourth-order valence-corrected chi connectivity index (χ4v) is 3.58. The number of methoxy groups -OCH3 is 1. The molecule has 28 heavy (non-hydrogen) atoms. The van der Waals surface area contributed by atoms with Gasteiger partial charge in [0.2, 0.25) is 6.79 Å². The number of carbonyl (C=O) groups is 1. The van der Waals surface area contributed by atoms with Crippen LogP contribution in [0.2, 0.25) is 0 Å². The highest BCUT2D eigenvalue weighted by Gasteiger charge is 2.34. The van der Waals surface area contributed by atoms with Gasteiger partial charge in [-0.05, 0) is 54.1 Å². The SMILES string of the molecule is COc1ccc(N2C(=O)c3ccccc3N[C@@H]2c2ccc3c(c2)OCO3)cc1. The molecule has 6 heteroatoms. The second kappa shape index (κ2) is 6.49. The molecule has 2 aliphatic heterocycles. The Balaban J connectivity index is 1.62. The number of hydrogen-bond acceptors (Lipinski definition) is 5. The van der Waals surface area contributed by atoms with Crippen LogP contribution < -0.4 is 24.4 Å². The van der Waals surface area contributed by atoms with Crippen LogP contribution in [0.15, 0.2) is 66.7 Å². The van der Waals surface area contributed by atoms with E-state index < -0.39 is 0 Å². The Bertz CT molecular complexity index is 1050. The summed E-state index contributed by atoms with van der Waals surface area (Å²) in [6.07, 6.45) is -0.384. The molecule has 1 atom stereocenters. The third kappa shape index (κ3) is 2.62. The molecule has 1 amide bonds. The number of amides is 1. The molecule has 1 N–H and O–H groups in total. The zero-order chi connectivity index (χ0) is 19.1. The minimum Gasteiger partial charge on any atom is -0.497 e. The molecule has 2 heterocycles. The molecule has 3 aromatic rings. The van der Waals surface area contributed by atoms with Crippen LogP contribution in [0, 0.1) is 0 Å². The molecule has 6 nitrogen and oxygen atoms in total. The van der Waals surface area contributed by atoms with Gasteiger partial charge in [0, 0.05) is 11.4 Å². The van der Waals surface area contributed by atoms with Crippen molar-refractivity contribution in [1.29, 1.82) is 0 Å². The number of hydrogen-bond donors (Lipinski definition) is 1. The van der Waals surface area contributed by atoms with E-state index in [0.29, 0.717) is 17.1 Å². The molecule has 3 aromatic carbocycles. The number of carbonyl (C=O) groups excluding carboxylic acids is 1. The molecule has 0 aliphatic carbocycles. The molecule has 0 bridgehead atoms. The van der Waals surface area contributed by atoms with Crippen LogP contribution in [0.3, 0.4) is 0 Å². The maximum absolute atomic E-state index is 13.4. The van der Waals surface area contributed by atoms with Crippen molar-refractivity contribution in [2.24, 2.45) is 0 Å². The summed E-state index contributed by atoms with van der Waals surface area (Å²) in [5, 5.41) is 3.49. The quantitative estimate of drug-likeness (QED) is 0.745. The fourth-order valence-electron chi connectivity index (χ4n) is 3.58. The number of nitrogens with one attached hydrogen (secondary N) is 1. The molecule has 0 aromatic heterocycles. The van der Waals surface area contributed by atoms with E-state index in [9.17, 15) is 4.79 Å². The van der Waals surface area contributed by atoms with Crippen molar-refractivity contribution in [2.75, 3.05) is 24.1 Å². The van der Waals surface area contributed by atoms with E-state index in [0.717, 1.165) is 22.7 Å². The maximum Gasteiger partial charge on any atom is 0.262 e. The highest BCUT2D eigenvalue weighted by molar-refractivity contribution is 6.12. The minimum absolute atomic E-state index is 0.0674. The average molecular weight is 374 g/mol. The Morgan fingerprint density at radius 1 is 1.00 bits per heavy atom. The Labute approximate surface area is 162 Å². The zero-order valence-electron chi connectivity index (χ0n) is 15.2. The van der Waals surface area contributed by atoms with E-state index in [1.807, 2.05) is 66.7 Å². The maximum atomic E-state index is 13.4. The molecular formula is C22H18N2O4. The molecule has 0 fully saturated rings. The van der Waals surface area contributed by atoms with Gasteiger partial charge in [0.15, 0.2) is 11.5 Å². The van der Waals surface area contributed by atoms with E-state index in [2.05, 4.69) is 5.32 Å². The van der Waals surface area contributed by atoms with Crippen molar-refractivity contribution < 1.29 is 19.0 Å². The zero-order valence-corrected chi connectivity index (χ0v) is 15.2. The summed E-state index contributed by atoms with van der Waals surface area (Å²) in [7, 11) is 1.62. The highest BCUT2D eigenvalue weighted by atomic mass is 16.7. The Morgan fingerprint density at radius 2 is 1.79 bits per heavy atom. The molecule has 140 valence electrons. The van der Waals surface area contributed by atoms with Gasteiger partial charge >= 0.3 is 0 Å². The Kier molecular flexibility index (Phi) is 3.83. The van der Waals surface area contributed by atoms with Crippen molar-refractivity contribution >= 4 is 17.3 Å². The van der Waals surface area contributed by atoms with Gasteiger partial charge in [-0.2, -0.15) is 0 Å². The number of anilines is 2. The topological polar surface area (TPSA) is 60.0 Å². The fraction of sp³-hybridized carbons (Fsp3) is 0.136. The van der Waals surface area contributed by atoms with Gasteiger partial charge in [-0.3, -0.25) is 9.69 Å². The first-order chi connectivity index (χ1) is 13.7. The first kappa shape index (κ1) is 16.5. The third-order valence-corrected chi connectivity index (χ3v) is 4.99. The van der Waals surface area contributed by atoms with E-state index in [-0.39, 0.29) is 18.9 Å². The lowest BCUT2D eigenvalue weighted by Crippen LogP contribution is -2.43. The molecule has 0 spiro atoms. The summed E-state index contributed by atoms with van der Waals surface area (Å²) < 4.78 is 16.2. The van der Waals surface area contributed by atoms with Crippen LogP contribution in [0.25, 0.3) is 0 Å². The van der Waals surface area contributed by atoms with Crippen LogP contribution in [0.1, 0.15) is 22.1 Å². The van der Waals surface area contributed by atoms with Crippen molar-refractivity contribution in [3.63, 3.8) is 0 Å². The highest BCUT2D eigenvalue weighted by Crippen LogP contribution is 2.40. The Hall–Kier alpha value is -3.67. The summed E-state index contributed by atoms with van der Waals surface area (Å²) in [4.78, 5) is 15.1. The number of fused-ring (bicyclic) bond motifs is 2. The second-order valence-corrected chi connectivity index (χ2v) is 6.58. The Morgan fingerprint density at radius 3 is 2.61 bits per heavy atom. The minimum atomic E-state index is -0.384. The number of benzene rings is 3. The van der Waals surface area contributed by atoms with Crippen molar-refractivity contribution in [1.82, 2.24) is 0 Å². The van der Waals surface area contributed by atoms with Crippen LogP contribution in [-0.2, 0) is 0 Å². The van der Waals surface area contributed by atoms with Crippen LogP contribution in [0.4, 0.5) is 11.4 Å². The molecule has 0 saturated heterocycles. The average Bonchev–Trinajstić information content (AvgIpc) is 3.22. The van der Waals surface area contributed by atoms with Crippen LogP contribution >= 0.6 is 0 Å². The normalized spacial score (nSPS) is 17.1. The van der Waals surface area contributed by atoms with Crippen LogP contribution in [-0.4, -0.2) is 19.8 Å². The predicted octanol–water partition coefficient (Wildman–Crippen LogP) is 4.20. The third-order valence-electron chi connectivity index (χ3n) is 4.99. The summed E-state index contributed by atoms with van der Waals surface area (Å²) >= 11 is 0. The van der Waals surface area contributed by atoms with Gasteiger partial charge in [0.05, 0.1) is 12.7 Å². The number of rotatable bonds is 3. The van der Waals surface area contributed by atoms with Gasteiger partial charge in [-0.25, -0.2) is 0 Å². The first-order valence-corrected chi connectivity index (χ1v) is 8.97. The second-order valence-electron chi connectivity index (χ2n) is 6.58. The van der Waals surface area contributed by atoms with Gasteiger partial charge < -0.3 is 19.5 Å². The van der Waals surface area contributed by atoms with Gasteiger partial charge in [0.25, 0.3) is 5.91 Å². The summed E-state index contributed by atoms with van der Waals surface area (Å²) in [5.41, 5.74) is 3.12. The van der Waals surface area contributed by atoms with E-state index in [1.165, 1.54) is 0 Å². The standard InChI is InChI=1S/C22H18N2O4/c1-26-16-9-7-15(8-10-16)24-21(14-6-11-19-20(12-14)28-13-27-19)23-18-5-3-2-4-17(18)22(24)25/h2-12,21,23H,13H2,1H3/t21-/m0/s1. The van der Waals surface area contributed by atoms with Gasteiger partial charge in [-0.15, -0.1) is 0 Å². The van der Waals surface area contributed by atoms with Crippen molar-refractivity contribution in [3.05, 3.63) is 77.9 Å². The molecule has 0 unspecified atom stereocenters. The number of nitrogens with zero attached hydrogens (tertiary/aromatic N) is 1. The van der Waals surface area contributed by atoms with Crippen molar-refractivity contribution in [2.45, 2.75) is 6.17 Å². The lowest BCUT2D eigenvalue weighted by atomic mass is 10.0.